The summed E-state index contributed by atoms with van der Waals surface area (Å²) in [5, 5.41) is 23.5. The first kappa shape index (κ1) is 18.3. The van der Waals surface area contributed by atoms with E-state index in [1.165, 1.54) is 18.5 Å². The molecule has 0 radical (unpaired) electrons. The molecule has 0 bridgehead atoms. The van der Waals surface area contributed by atoms with Crippen LogP contribution in [0.1, 0.15) is 41.7 Å². The van der Waals surface area contributed by atoms with Crippen molar-refractivity contribution in [2.24, 2.45) is 4.99 Å². The zero-order valence-corrected chi connectivity index (χ0v) is 16.8. The number of anilines is 2. The number of rotatable bonds is 5. The Bertz CT molecular complexity index is 1120. The molecule has 2 aliphatic rings. The minimum absolute atomic E-state index is 0.102. The minimum atomic E-state index is -0.102. The molecule has 1 aliphatic heterocycles. The Balaban J connectivity index is 1.40. The van der Waals surface area contributed by atoms with Crippen LogP contribution in [0.25, 0.3) is 0 Å². The molecule has 1 unspecified atom stereocenters. The zero-order chi connectivity index (χ0) is 20.5. The van der Waals surface area contributed by atoms with Gasteiger partial charge in [0.1, 0.15) is 12.0 Å². The van der Waals surface area contributed by atoms with Gasteiger partial charge in [0.15, 0.2) is 0 Å². The number of guanidine groups is 1. The van der Waals surface area contributed by atoms with Gasteiger partial charge in [0.2, 0.25) is 5.96 Å². The van der Waals surface area contributed by atoms with Crippen LogP contribution in [0.5, 0.6) is 0 Å². The quantitative estimate of drug-likeness (QED) is 0.589. The van der Waals surface area contributed by atoms with E-state index < -0.39 is 0 Å². The molecular formula is C23H23N7. The van der Waals surface area contributed by atoms with Gasteiger partial charge >= 0.3 is 0 Å². The number of nitrogens with zero attached hydrogens (tertiary/aromatic N) is 4. The van der Waals surface area contributed by atoms with Crippen LogP contribution < -0.4 is 10.6 Å². The highest BCUT2D eigenvalue weighted by molar-refractivity contribution is 5.97. The summed E-state index contributed by atoms with van der Waals surface area (Å²) >= 11 is 0. The molecule has 2 aromatic carbocycles. The Kier molecular flexibility index (Phi) is 4.60. The van der Waals surface area contributed by atoms with Gasteiger partial charge in [0.25, 0.3) is 0 Å². The van der Waals surface area contributed by atoms with Crippen molar-refractivity contribution in [3.05, 3.63) is 71.4 Å². The maximum absolute atomic E-state index is 8.86. The first-order chi connectivity index (χ1) is 14.7. The maximum Gasteiger partial charge on any atom is 0.205 e. The Morgan fingerprint density at radius 2 is 1.97 bits per heavy atom. The van der Waals surface area contributed by atoms with E-state index in [9.17, 15) is 0 Å². The molecule has 150 valence electrons. The lowest BCUT2D eigenvalue weighted by Gasteiger charge is -2.36. The van der Waals surface area contributed by atoms with E-state index in [2.05, 4.69) is 43.9 Å². The van der Waals surface area contributed by atoms with Crippen molar-refractivity contribution in [3.63, 3.8) is 0 Å². The molecule has 1 atom stereocenters. The van der Waals surface area contributed by atoms with E-state index in [1.807, 2.05) is 49.5 Å². The lowest BCUT2D eigenvalue weighted by molar-refractivity contribution is 0.404. The molecular weight excluding hydrogens is 374 g/mol. The van der Waals surface area contributed by atoms with E-state index in [-0.39, 0.29) is 6.17 Å². The summed E-state index contributed by atoms with van der Waals surface area (Å²) in [4.78, 5) is 6.91. The van der Waals surface area contributed by atoms with E-state index in [4.69, 9.17) is 10.3 Å². The van der Waals surface area contributed by atoms with Crippen molar-refractivity contribution in [1.29, 1.82) is 5.26 Å². The number of aromatic amines is 1. The molecule has 1 aromatic heterocycles. The predicted octanol–water partition coefficient (Wildman–Crippen LogP) is 4.51. The van der Waals surface area contributed by atoms with Crippen LogP contribution in [0.4, 0.5) is 17.2 Å². The largest absolute Gasteiger partial charge is 0.345 e. The molecule has 1 aliphatic carbocycles. The van der Waals surface area contributed by atoms with Crippen molar-refractivity contribution in [1.82, 2.24) is 15.1 Å². The third kappa shape index (κ3) is 3.60. The van der Waals surface area contributed by atoms with Crippen LogP contribution in [0.3, 0.4) is 0 Å². The van der Waals surface area contributed by atoms with Crippen molar-refractivity contribution >= 4 is 23.2 Å². The number of aliphatic imine (C=N–C) groups is 1. The van der Waals surface area contributed by atoms with Gasteiger partial charge < -0.3 is 15.5 Å². The lowest BCUT2D eigenvalue weighted by Crippen LogP contribution is -2.41. The average molecular weight is 397 g/mol. The lowest BCUT2D eigenvalue weighted by atomic mass is 10.1. The molecule has 2 heterocycles. The number of nitriles is 1. The van der Waals surface area contributed by atoms with Gasteiger partial charge in [-0.1, -0.05) is 30.3 Å². The molecule has 3 N–H and O–H groups in total. The summed E-state index contributed by atoms with van der Waals surface area (Å²) in [6.45, 7) is 0. The first-order valence-electron chi connectivity index (χ1n) is 10.2. The monoisotopic (exact) mass is 397 g/mol. The molecule has 1 saturated carbocycles. The van der Waals surface area contributed by atoms with Crippen LogP contribution in [0.15, 0.2) is 59.6 Å². The number of benzene rings is 2. The number of aromatic nitrogens is 2. The normalized spacial score (nSPS) is 17.7. The van der Waals surface area contributed by atoms with E-state index in [0.29, 0.717) is 12.3 Å². The minimum Gasteiger partial charge on any atom is -0.345 e. The molecule has 3 aromatic rings. The molecule has 5 rings (SSSR count). The second-order valence-corrected chi connectivity index (χ2v) is 7.79. The second-order valence-electron chi connectivity index (χ2n) is 7.79. The summed E-state index contributed by atoms with van der Waals surface area (Å²) in [6, 6.07) is 20.3. The molecule has 0 amide bonds. The number of para-hydroxylation sites is 1. The highest BCUT2D eigenvalue weighted by Gasteiger charge is 2.29. The first-order valence-corrected chi connectivity index (χ1v) is 10.2. The maximum atomic E-state index is 8.86. The van der Waals surface area contributed by atoms with E-state index >= 15 is 0 Å². The number of nitrogens with one attached hydrogen (secondary N) is 3. The van der Waals surface area contributed by atoms with Crippen LogP contribution in [-0.4, -0.2) is 28.1 Å². The third-order valence-corrected chi connectivity index (χ3v) is 5.57. The zero-order valence-electron chi connectivity index (χ0n) is 16.8. The SMILES string of the molecule is CN1C(Nc2ccc(CC#N)cc2)=Nc2ccccc2C1Nc1cc(C2CC2)[nH]n1. The summed E-state index contributed by atoms with van der Waals surface area (Å²) in [5.74, 6) is 2.22. The fourth-order valence-corrected chi connectivity index (χ4v) is 3.72. The van der Waals surface area contributed by atoms with Crippen molar-refractivity contribution in [2.45, 2.75) is 31.3 Å². The van der Waals surface area contributed by atoms with Crippen molar-refractivity contribution in [2.75, 3.05) is 17.7 Å². The van der Waals surface area contributed by atoms with Gasteiger partial charge in [-0.25, -0.2) is 4.99 Å². The molecule has 7 heteroatoms. The summed E-state index contributed by atoms with van der Waals surface area (Å²) < 4.78 is 0. The molecule has 0 saturated heterocycles. The van der Waals surface area contributed by atoms with Gasteiger partial charge in [0.05, 0.1) is 18.2 Å². The van der Waals surface area contributed by atoms with Crippen LogP contribution in [0.2, 0.25) is 0 Å². The third-order valence-electron chi connectivity index (χ3n) is 5.57. The fraction of sp³-hybridized carbons (Fsp3) is 0.261. The van der Waals surface area contributed by atoms with E-state index in [1.54, 1.807) is 0 Å². The fourth-order valence-electron chi connectivity index (χ4n) is 3.72. The Hall–Kier alpha value is -3.79. The summed E-state index contributed by atoms with van der Waals surface area (Å²) in [6.07, 6.45) is 2.78. The van der Waals surface area contributed by atoms with Gasteiger partial charge in [-0.15, -0.1) is 0 Å². The van der Waals surface area contributed by atoms with Gasteiger partial charge in [-0.05, 0) is 36.6 Å². The standard InChI is InChI=1S/C23H23N7/c1-30-22(27-21-14-20(28-29-21)16-8-9-16)18-4-2-3-5-19(18)26-23(30)25-17-10-6-15(7-11-17)12-13-24/h2-7,10-11,14,16,22H,8-9,12H2,1H3,(H,25,26)(H2,27,28,29). The molecule has 30 heavy (non-hydrogen) atoms. The van der Waals surface area contributed by atoms with Crippen molar-refractivity contribution < 1.29 is 0 Å². The van der Waals surface area contributed by atoms with Crippen LogP contribution >= 0.6 is 0 Å². The van der Waals surface area contributed by atoms with Crippen LogP contribution in [-0.2, 0) is 6.42 Å². The van der Waals surface area contributed by atoms with Crippen molar-refractivity contribution in [3.8, 4) is 6.07 Å². The van der Waals surface area contributed by atoms with Gasteiger partial charge in [-0.3, -0.25) is 5.10 Å². The second kappa shape index (κ2) is 7.56. The Morgan fingerprint density at radius 3 is 2.73 bits per heavy atom. The molecule has 0 spiro atoms. The number of H-pyrrole nitrogens is 1. The average Bonchev–Trinajstić information content (AvgIpc) is 3.51. The Labute approximate surface area is 175 Å². The van der Waals surface area contributed by atoms with E-state index in [0.717, 1.165) is 34.3 Å². The highest BCUT2D eigenvalue weighted by Crippen LogP contribution is 2.40. The predicted molar refractivity (Wildman–Crippen MR) is 118 cm³/mol. The number of hydrogen-bond donors (Lipinski definition) is 3. The molecule has 1 fully saturated rings. The topological polar surface area (TPSA) is 92.1 Å². The highest BCUT2D eigenvalue weighted by atomic mass is 15.4. The van der Waals surface area contributed by atoms with Crippen LogP contribution in [0, 0.1) is 11.3 Å². The number of fused-ring (bicyclic) bond motifs is 1. The smallest absolute Gasteiger partial charge is 0.205 e. The summed E-state index contributed by atoms with van der Waals surface area (Å²) in [7, 11) is 2.01. The Morgan fingerprint density at radius 1 is 1.17 bits per heavy atom. The van der Waals surface area contributed by atoms with Gasteiger partial charge in [-0.2, -0.15) is 10.4 Å². The molecule has 7 nitrogen and oxygen atoms in total. The van der Waals surface area contributed by atoms with Gasteiger partial charge in [0, 0.05) is 36.0 Å². The number of hydrogen-bond acceptors (Lipinski definition) is 6. The summed E-state index contributed by atoms with van der Waals surface area (Å²) in [5.41, 5.74) is 5.15.